The number of benzene rings is 1. The summed E-state index contributed by atoms with van der Waals surface area (Å²) in [6.45, 7) is 6.54. The van der Waals surface area contributed by atoms with Crippen LogP contribution in [0.1, 0.15) is 37.3 Å². The number of aryl methyl sites for hydroxylation is 2. The second-order valence-corrected chi connectivity index (χ2v) is 9.65. The number of likely N-dealkylation sites (tertiary alicyclic amines) is 1. The molecule has 0 spiro atoms. The number of fused-ring (bicyclic) bond motifs is 2. The molecule has 5 rings (SSSR count). The third kappa shape index (κ3) is 3.86. The molecule has 4 heterocycles. The van der Waals surface area contributed by atoms with E-state index in [1.54, 1.807) is 0 Å². The van der Waals surface area contributed by atoms with Gasteiger partial charge in [0, 0.05) is 36.6 Å². The van der Waals surface area contributed by atoms with E-state index in [1.165, 1.54) is 5.57 Å². The van der Waals surface area contributed by atoms with Crippen LogP contribution in [0.3, 0.4) is 0 Å². The largest absolute Gasteiger partial charge is 0.306 e. The number of amides is 1. The Morgan fingerprint density at radius 3 is 2.66 bits per heavy atom. The van der Waals surface area contributed by atoms with Crippen LogP contribution >= 0.6 is 0 Å². The van der Waals surface area contributed by atoms with Crippen LogP contribution in [-0.4, -0.2) is 45.6 Å². The van der Waals surface area contributed by atoms with Crippen LogP contribution in [0.15, 0.2) is 60.1 Å². The fourth-order valence-corrected chi connectivity index (χ4v) is 5.20. The maximum Gasteiger partial charge on any atom is 0.255 e. The summed E-state index contributed by atoms with van der Waals surface area (Å²) in [5, 5.41) is 5.69. The van der Waals surface area contributed by atoms with Gasteiger partial charge in [0.25, 0.3) is 5.91 Å². The van der Waals surface area contributed by atoms with Crippen LogP contribution in [0, 0.1) is 18.8 Å². The number of nitrogens with zero attached hydrogens (tertiary/aromatic N) is 4. The first-order chi connectivity index (χ1) is 15.4. The quantitative estimate of drug-likeness (QED) is 0.689. The molecular formula is C27H32N4O. The first kappa shape index (κ1) is 21.0. The summed E-state index contributed by atoms with van der Waals surface area (Å²) in [7, 11) is 4.13. The highest BCUT2D eigenvalue weighted by Gasteiger charge is 2.26. The standard InChI is InChI=1S/C27H32N4O/c1-18-5-7-24-8-6-21(20-9-11-29(3)12-10-20)17-31(24)26(32)15-25(18)22-13-19(2)27-23(14-22)16-30(4)28-27/h6-8,13-18,20H,5,9-12H2,1-4H3. The lowest BCUT2D eigenvalue weighted by Gasteiger charge is -2.33. The number of aromatic nitrogens is 2. The maximum absolute atomic E-state index is 13.5. The lowest BCUT2D eigenvalue weighted by Crippen LogP contribution is -2.32. The van der Waals surface area contributed by atoms with E-state index in [-0.39, 0.29) is 11.8 Å². The Hall–Kier alpha value is -2.92. The lowest BCUT2D eigenvalue weighted by molar-refractivity contribution is -0.122. The first-order valence-corrected chi connectivity index (χ1v) is 11.7. The van der Waals surface area contributed by atoms with Gasteiger partial charge >= 0.3 is 0 Å². The molecule has 0 radical (unpaired) electrons. The van der Waals surface area contributed by atoms with E-state index in [2.05, 4.69) is 67.5 Å². The van der Waals surface area contributed by atoms with Crippen molar-refractivity contribution in [3.8, 4) is 0 Å². The molecule has 1 saturated heterocycles. The average Bonchev–Trinajstić information content (AvgIpc) is 3.16. The molecule has 3 aliphatic heterocycles. The first-order valence-electron chi connectivity index (χ1n) is 11.7. The van der Waals surface area contributed by atoms with Crippen molar-refractivity contribution in [1.29, 1.82) is 0 Å². The topological polar surface area (TPSA) is 41.4 Å². The minimum atomic E-state index is 0.0384. The summed E-state index contributed by atoms with van der Waals surface area (Å²) in [5.41, 5.74) is 6.65. The normalized spacial score (nSPS) is 22.9. The van der Waals surface area contributed by atoms with Crippen molar-refractivity contribution in [2.75, 3.05) is 20.1 Å². The van der Waals surface area contributed by atoms with Crippen LogP contribution in [0.4, 0.5) is 0 Å². The van der Waals surface area contributed by atoms with Gasteiger partial charge in [0.05, 0.1) is 5.52 Å². The van der Waals surface area contributed by atoms with Gasteiger partial charge in [0.1, 0.15) is 0 Å². The van der Waals surface area contributed by atoms with Gasteiger partial charge in [-0.1, -0.05) is 19.1 Å². The highest BCUT2D eigenvalue weighted by atomic mass is 16.2. The fourth-order valence-electron chi connectivity index (χ4n) is 5.20. The number of hydrogen-bond acceptors (Lipinski definition) is 3. The fraction of sp³-hybridized carbons (Fsp3) is 0.407. The molecule has 1 amide bonds. The summed E-state index contributed by atoms with van der Waals surface area (Å²) in [6.07, 6.45) is 15.8. The van der Waals surface area contributed by atoms with E-state index in [9.17, 15) is 4.79 Å². The SMILES string of the molecule is Cc1cc(C2=CC(=O)N3C=C(C4CCN(C)CC4)C=CC3=CCC2C)cc2cn(C)nc12. The second kappa shape index (κ2) is 8.21. The Morgan fingerprint density at radius 2 is 1.88 bits per heavy atom. The van der Waals surface area contributed by atoms with Crippen molar-refractivity contribution in [2.24, 2.45) is 18.9 Å². The van der Waals surface area contributed by atoms with Crippen molar-refractivity contribution < 1.29 is 4.79 Å². The van der Waals surface area contributed by atoms with Crippen LogP contribution in [-0.2, 0) is 11.8 Å². The molecule has 0 bridgehead atoms. The van der Waals surface area contributed by atoms with Gasteiger partial charge in [0.15, 0.2) is 0 Å². The molecule has 166 valence electrons. The molecule has 0 saturated carbocycles. The highest BCUT2D eigenvalue weighted by Crippen LogP contribution is 2.35. The Kier molecular flexibility index (Phi) is 5.38. The van der Waals surface area contributed by atoms with Gasteiger partial charge < -0.3 is 4.90 Å². The predicted octanol–water partition coefficient (Wildman–Crippen LogP) is 4.81. The molecule has 2 aromatic rings. The van der Waals surface area contributed by atoms with Crippen molar-refractivity contribution in [2.45, 2.75) is 33.1 Å². The zero-order chi connectivity index (χ0) is 22.4. The molecule has 1 aromatic heterocycles. The number of allylic oxidation sites excluding steroid dienone is 5. The van der Waals surface area contributed by atoms with Crippen LogP contribution in [0.2, 0.25) is 0 Å². The molecule has 1 aromatic carbocycles. The van der Waals surface area contributed by atoms with Gasteiger partial charge in [-0.25, -0.2) is 0 Å². The van der Waals surface area contributed by atoms with Crippen LogP contribution < -0.4 is 0 Å². The smallest absolute Gasteiger partial charge is 0.255 e. The third-order valence-corrected chi connectivity index (χ3v) is 7.17. The van der Waals surface area contributed by atoms with Gasteiger partial charge in [0.2, 0.25) is 0 Å². The average molecular weight is 429 g/mol. The molecule has 0 N–H and O–H groups in total. The summed E-state index contributed by atoms with van der Waals surface area (Å²) >= 11 is 0. The van der Waals surface area contributed by atoms with E-state index < -0.39 is 0 Å². The zero-order valence-corrected chi connectivity index (χ0v) is 19.5. The van der Waals surface area contributed by atoms with Crippen LogP contribution in [0.5, 0.6) is 0 Å². The summed E-state index contributed by atoms with van der Waals surface area (Å²) in [4.78, 5) is 17.7. The minimum absolute atomic E-state index is 0.0384. The summed E-state index contributed by atoms with van der Waals surface area (Å²) < 4.78 is 1.85. The van der Waals surface area contributed by atoms with Gasteiger partial charge in [-0.3, -0.25) is 14.4 Å². The number of carbonyl (C=O) groups is 1. The number of hydrogen-bond donors (Lipinski definition) is 0. The van der Waals surface area contributed by atoms with E-state index in [0.717, 1.165) is 65.7 Å². The maximum atomic E-state index is 13.5. The van der Waals surface area contributed by atoms with Crippen molar-refractivity contribution in [3.05, 3.63) is 71.2 Å². The van der Waals surface area contributed by atoms with Crippen LogP contribution in [0.25, 0.3) is 16.5 Å². The van der Waals surface area contributed by atoms with Gasteiger partial charge in [-0.2, -0.15) is 5.10 Å². The molecule has 1 atom stereocenters. The summed E-state index contributed by atoms with van der Waals surface area (Å²) in [5.74, 6) is 0.826. The Balaban J connectivity index is 1.49. The van der Waals surface area contributed by atoms with E-state index in [4.69, 9.17) is 0 Å². The van der Waals surface area contributed by atoms with E-state index in [0.29, 0.717) is 5.92 Å². The Bertz CT molecular complexity index is 1190. The van der Waals surface area contributed by atoms with Crippen molar-refractivity contribution >= 4 is 22.4 Å². The summed E-state index contributed by atoms with van der Waals surface area (Å²) in [6, 6.07) is 4.35. The molecule has 0 aliphatic carbocycles. The Morgan fingerprint density at radius 1 is 1.09 bits per heavy atom. The molecule has 5 nitrogen and oxygen atoms in total. The molecule has 1 unspecified atom stereocenters. The molecular weight excluding hydrogens is 396 g/mol. The highest BCUT2D eigenvalue weighted by molar-refractivity contribution is 5.99. The monoisotopic (exact) mass is 428 g/mol. The van der Waals surface area contributed by atoms with Crippen molar-refractivity contribution in [1.82, 2.24) is 19.6 Å². The number of carbonyl (C=O) groups excluding carboxylic acids is 1. The van der Waals surface area contributed by atoms with Crippen molar-refractivity contribution in [3.63, 3.8) is 0 Å². The molecule has 3 aliphatic rings. The number of piperidine rings is 1. The van der Waals surface area contributed by atoms with E-state index >= 15 is 0 Å². The van der Waals surface area contributed by atoms with Gasteiger partial charge in [-0.15, -0.1) is 0 Å². The zero-order valence-electron chi connectivity index (χ0n) is 19.5. The molecule has 5 heteroatoms. The molecule has 1 fully saturated rings. The van der Waals surface area contributed by atoms with Gasteiger partial charge in [-0.05, 0) is 98.6 Å². The minimum Gasteiger partial charge on any atom is -0.306 e. The third-order valence-electron chi connectivity index (χ3n) is 7.17. The predicted molar refractivity (Wildman–Crippen MR) is 130 cm³/mol. The molecule has 32 heavy (non-hydrogen) atoms. The van der Waals surface area contributed by atoms with E-state index in [1.807, 2.05) is 28.9 Å². The second-order valence-electron chi connectivity index (χ2n) is 9.65. The lowest BCUT2D eigenvalue weighted by atomic mass is 9.86. The Labute approximate surface area is 190 Å². The number of rotatable bonds is 2.